The van der Waals surface area contributed by atoms with Crippen molar-refractivity contribution < 1.29 is 14.0 Å². The zero-order chi connectivity index (χ0) is 20.5. The van der Waals surface area contributed by atoms with Crippen LogP contribution in [0.25, 0.3) is 10.9 Å². The Hall–Kier alpha value is -2.66. The molecule has 2 aromatic carbocycles. The molecule has 1 aliphatic carbocycles. The highest BCUT2D eigenvalue weighted by Gasteiger charge is 2.24. The lowest BCUT2D eigenvalue weighted by Gasteiger charge is -2.20. The van der Waals surface area contributed by atoms with Crippen LogP contribution in [-0.4, -0.2) is 16.7 Å². The first-order valence-corrected chi connectivity index (χ1v) is 10.3. The van der Waals surface area contributed by atoms with E-state index >= 15 is 0 Å². The van der Waals surface area contributed by atoms with Crippen molar-refractivity contribution in [1.29, 1.82) is 0 Å². The number of rotatable bonds is 4. The summed E-state index contributed by atoms with van der Waals surface area (Å²) in [6.45, 7) is 1.77. The van der Waals surface area contributed by atoms with Gasteiger partial charge in [0.05, 0.1) is 16.1 Å². The van der Waals surface area contributed by atoms with Gasteiger partial charge in [-0.15, -0.1) is 0 Å². The second-order valence-corrected chi connectivity index (χ2v) is 8.04. The number of H-pyrrole nitrogens is 1. The number of carbonyl (C=O) groups excluding carboxylic acids is 2. The van der Waals surface area contributed by atoms with E-state index in [1.165, 1.54) is 24.6 Å². The van der Waals surface area contributed by atoms with Crippen molar-refractivity contribution in [2.75, 3.05) is 5.32 Å². The smallest absolute Gasteiger partial charge is 0.227 e. The molecule has 150 valence electrons. The molecule has 4 nitrogen and oxygen atoms in total. The van der Waals surface area contributed by atoms with Crippen molar-refractivity contribution >= 4 is 39.9 Å². The molecule has 0 radical (unpaired) electrons. The maximum absolute atomic E-state index is 14.3. The average Bonchev–Trinajstić information content (AvgIpc) is 3.03. The first-order chi connectivity index (χ1) is 14.0. The standard InChI is InChI=1S/C23H22ClFN2O2/c1-13-20(22(28)21-17(24)8-5-9-18(21)25)16-12-15(10-11-19(16)26-13)27-23(29)14-6-3-2-4-7-14/h5,8-12,14,26H,2-4,6-7H2,1H3,(H,27,29). The molecule has 6 heteroatoms. The van der Waals surface area contributed by atoms with Crippen molar-refractivity contribution in [3.05, 3.63) is 64.1 Å². The summed E-state index contributed by atoms with van der Waals surface area (Å²) < 4.78 is 14.3. The van der Waals surface area contributed by atoms with Crippen LogP contribution in [0.3, 0.4) is 0 Å². The minimum atomic E-state index is -0.655. The molecule has 1 saturated carbocycles. The third-order valence-electron chi connectivity index (χ3n) is 5.65. The van der Waals surface area contributed by atoms with Gasteiger partial charge in [0.1, 0.15) is 5.82 Å². The molecule has 0 bridgehead atoms. The fraction of sp³-hybridized carbons (Fsp3) is 0.304. The number of hydrogen-bond donors (Lipinski definition) is 2. The largest absolute Gasteiger partial charge is 0.358 e. The molecule has 4 rings (SSSR count). The fourth-order valence-electron chi connectivity index (χ4n) is 4.15. The molecule has 1 heterocycles. The summed E-state index contributed by atoms with van der Waals surface area (Å²) in [4.78, 5) is 28.9. The van der Waals surface area contributed by atoms with Crippen LogP contribution >= 0.6 is 11.6 Å². The molecule has 29 heavy (non-hydrogen) atoms. The molecule has 1 aliphatic rings. The van der Waals surface area contributed by atoms with Crippen molar-refractivity contribution in [3.8, 4) is 0 Å². The fourth-order valence-corrected chi connectivity index (χ4v) is 4.39. The van der Waals surface area contributed by atoms with Crippen molar-refractivity contribution in [3.63, 3.8) is 0 Å². The number of ketones is 1. The van der Waals surface area contributed by atoms with E-state index in [2.05, 4.69) is 10.3 Å². The van der Waals surface area contributed by atoms with Crippen LogP contribution in [0.4, 0.5) is 10.1 Å². The van der Waals surface area contributed by atoms with Crippen molar-refractivity contribution in [2.45, 2.75) is 39.0 Å². The number of amides is 1. The molecule has 1 amide bonds. The summed E-state index contributed by atoms with van der Waals surface area (Å²) in [7, 11) is 0. The molecule has 2 N–H and O–H groups in total. The maximum Gasteiger partial charge on any atom is 0.227 e. The number of hydrogen-bond acceptors (Lipinski definition) is 2. The number of anilines is 1. The molecule has 0 aliphatic heterocycles. The SMILES string of the molecule is Cc1[nH]c2ccc(NC(=O)C3CCCCC3)cc2c1C(=O)c1c(F)cccc1Cl. The van der Waals surface area contributed by atoms with Gasteiger partial charge in [-0.25, -0.2) is 4.39 Å². The number of nitrogens with one attached hydrogen (secondary N) is 2. The Kier molecular flexibility index (Phi) is 5.41. The van der Waals surface area contributed by atoms with Gasteiger partial charge in [0.15, 0.2) is 5.78 Å². The zero-order valence-corrected chi connectivity index (χ0v) is 16.9. The zero-order valence-electron chi connectivity index (χ0n) is 16.1. The molecule has 1 aromatic heterocycles. The van der Waals surface area contributed by atoms with Gasteiger partial charge in [0.2, 0.25) is 5.91 Å². The first-order valence-electron chi connectivity index (χ1n) is 9.87. The Morgan fingerprint density at radius 2 is 1.86 bits per heavy atom. The molecule has 0 saturated heterocycles. The van der Waals surface area contributed by atoms with Gasteiger partial charge in [-0.05, 0) is 50.1 Å². The summed E-state index contributed by atoms with van der Waals surface area (Å²) in [5, 5.41) is 3.68. The van der Waals surface area contributed by atoms with Gasteiger partial charge in [-0.3, -0.25) is 9.59 Å². The van der Waals surface area contributed by atoms with Gasteiger partial charge < -0.3 is 10.3 Å². The van der Waals surface area contributed by atoms with E-state index in [1.807, 2.05) is 12.1 Å². The summed E-state index contributed by atoms with van der Waals surface area (Å²) in [6, 6.07) is 9.58. The number of fused-ring (bicyclic) bond motifs is 1. The highest BCUT2D eigenvalue weighted by Crippen LogP contribution is 2.31. The minimum absolute atomic E-state index is 0.0151. The van der Waals surface area contributed by atoms with Crippen LogP contribution < -0.4 is 5.32 Å². The Labute approximate surface area is 173 Å². The number of halogens is 2. The summed E-state index contributed by atoms with van der Waals surface area (Å²) in [6.07, 6.45) is 5.16. The Morgan fingerprint density at radius 1 is 1.10 bits per heavy atom. The van der Waals surface area contributed by atoms with Crippen LogP contribution in [0, 0.1) is 18.7 Å². The van der Waals surface area contributed by atoms with E-state index in [-0.39, 0.29) is 22.4 Å². The third-order valence-corrected chi connectivity index (χ3v) is 5.96. The van der Waals surface area contributed by atoms with Gasteiger partial charge in [-0.2, -0.15) is 0 Å². The average molecular weight is 413 g/mol. The lowest BCUT2D eigenvalue weighted by molar-refractivity contribution is -0.120. The van der Waals surface area contributed by atoms with Crippen molar-refractivity contribution in [2.24, 2.45) is 5.92 Å². The number of aromatic amines is 1. The van der Waals surface area contributed by atoms with Gasteiger partial charge in [0.25, 0.3) is 0 Å². The Bertz CT molecular complexity index is 1080. The van der Waals surface area contributed by atoms with E-state index in [4.69, 9.17) is 11.6 Å². The second kappa shape index (κ2) is 7.99. The highest BCUT2D eigenvalue weighted by atomic mass is 35.5. The molecule has 0 unspecified atom stereocenters. The van der Waals surface area contributed by atoms with Gasteiger partial charge in [0, 0.05) is 28.2 Å². The van der Waals surface area contributed by atoms with Gasteiger partial charge >= 0.3 is 0 Å². The van der Waals surface area contributed by atoms with E-state index in [0.717, 1.165) is 31.2 Å². The van der Waals surface area contributed by atoms with Crippen LogP contribution in [-0.2, 0) is 4.79 Å². The predicted octanol–water partition coefficient (Wildman–Crippen LogP) is 6.02. The van der Waals surface area contributed by atoms with E-state index in [9.17, 15) is 14.0 Å². The van der Waals surface area contributed by atoms with E-state index in [0.29, 0.717) is 22.3 Å². The first kappa shape index (κ1) is 19.6. The third kappa shape index (κ3) is 3.79. The van der Waals surface area contributed by atoms with Crippen molar-refractivity contribution in [1.82, 2.24) is 4.98 Å². The lowest BCUT2D eigenvalue weighted by atomic mass is 9.88. The summed E-state index contributed by atoms with van der Waals surface area (Å²) in [5.41, 5.74) is 2.21. The molecule has 0 spiro atoms. The van der Waals surface area contributed by atoms with Crippen LogP contribution in [0.2, 0.25) is 5.02 Å². The van der Waals surface area contributed by atoms with E-state index in [1.54, 1.807) is 13.0 Å². The predicted molar refractivity (Wildman–Crippen MR) is 113 cm³/mol. The highest BCUT2D eigenvalue weighted by molar-refractivity contribution is 6.35. The number of benzene rings is 2. The Morgan fingerprint density at radius 3 is 2.59 bits per heavy atom. The number of aryl methyl sites for hydroxylation is 1. The van der Waals surface area contributed by atoms with Crippen LogP contribution in [0.1, 0.15) is 53.7 Å². The number of aromatic nitrogens is 1. The van der Waals surface area contributed by atoms with Gasteiger partial charge in [-0.1, -0.05) is 36.9 Å². The minimum Gasteiger partial charge on any atom is -0.358 e. The molecule has 1 fully saturated rings. The topological polar surface area (TPSA) is 62.0 Å². The quantitative estimate of drug-likeness (QED) is 0.515. The summed E-state index contributed by atoms with van der Waals surface area (Å²) >= 11 is 6.10. The second-order valence-electron chi connectivity index (χ2n) is 7.64. The lowest BCUT2D eigenvalue weighted by Crippen LogP contribution is -2.24. The summed E-state index contributed by atoms with van der Waals surface area (Å²) in [5.74, 6) is -1.09. The van der Waals surface area contributed by atoms with Crippen LogP contribution in [0.15, 0.2) is 36.4 Å². The maximum atomic E-state index is 14.3. The molecular weight excluding hydrogens is 391 g/mol. The Balaban J connectivity index is 1.70. The molecule has 0 atom stereocenters. The molecule has 3 aromatic rings. The normalized spacial score (nSPS) is 14.9. The molecular formula is C23H22ClFN2O2. The van der Waals surface area contributed by atoms with Crippen LogP contribution in [0.5, 0.6) is 0 Å². The monoisotopic (exact) mass is 412 g/mol. The number of carbonyl (C=O) groups is 2. The van der Waals surface area contributed by atoms with E-state index < -0.39 is 11.6 Å².